The molecule has 35 heavy (non-hydrogen) atoms. The molecule has 0 aliphatic carbocycles. The van der Waals surface area contributed by atoms with Gasteiger partial charge in [0, 0.05) is 17.6 Å². The van der Waals surface area contributed by atoms with Gasteiger partial charge in [-0.25, -0.2) is 4.79 Å². The third-order valence-electron chi connectivity index (χ3n) is 4.99. The molecule has 0 aromatic heterocycles. The van der Waals surface area contributed by atoms with Crippen LogP contribution in [-0.2, 0) is 16.1 Å². The Morgan fingerprint density at radius 1 is 1.09 bits per heavy atom. The fourth-order valence-electron chi connectivity index (χ4n) is 3.17. The lowest BCUT2D eigenvalue weighted by atomic mass is 10.2. The van der Waals surface area contributed by atoms with E-state index in [0.29, 0.717) is 11.5 Å². The van der Waals surface area contributed by atoms with Gasteiger partial charge in [-0.15, -0.1) is 0 Å². The second-order valence-corrected chi connectivity index (χ2v) is 7.88. The lowest BCUT2D eigenvalue weighted by Crippen LogP contribution is -2.35. The number of esters is 1. The number of benzene rings is 3. The van der Waals surface area contributed by atoms with Crippen molar-refractivity contribution in [3.63, 3.8) is 0 Å². The van der Waals surface area contributed by atoms with Crippen LogP contribution < -0.4 is 19.5 Å². The summed E-state index contributed by atoms with van der Waals surface area (Å²) in [6.45, 7) is 1.84. The highest BCUT2D eigenvalue weighted by Crippen LogP contribution is 2.34. The van der Waals surface area contributed by atoms with Crippen molar-refractivity contribution in [1.82, 2.24) is 5.32 Å². The first kappa shape index (κ1) is 23.8. The Morgan fingerprint density at radius 2 is 1.83 bits per heavy atom. The van der Waals surface area contributed by atoms with E-state index in [-0.39, 0.29) is 41.1 Å². The number of rotatable bonds is 8. The van der Waals surface area contributed by atoms with Gasteiger partial charge in [-0.3, -0.25) is 14.9 Å². The molecule has 4 rings (SSSR count). The van der Waals surface area contributed by atoms with E-state index in [1.807, 2.05) is 0 Å². The predicted octanol–water partition coefficient (Wildman–Crippen LogP) is 4.63. The third-order valence-corrected chi connectivity index (χ3v) is 5.23. The Hall–Kier alpha value is -4.31. The molecule has 1 amide bonds. The highest BCUT2D eigenvalue weighted by Gasteiger charge is 2.20. The van der Waals surface area contributed by atoms with Gasteiger partial charge >= 0.3 is 11.7 Å². The highest BCUT2D eigenvalue weighted by atomic mass is 35.5. The van der Waals surface area contributed by atoms with Gasteiger partial charge in [0.05, 0.1) is 10.5 Å². The van der Waals surface area contributed by atoms with E-state index in [1.54, 1.807) is 18.2 Å². The average Bonchev–Trinajstić information content (AvgIpc) is 3.32. The molecule has 180 valence electrons. The van der Waals surface area contributed by atoms with Crippen LogP contribution >= 0.6 is 11.6 Å². The van der Waals surface area contributed by atoms with Gasteiger partial charge in [0.25, 0.3) is 5.91 Å². The van der Waals surface area contributed by atoms with Crippen molar-refractivity contribution in [3.8, 4) is 23.0 Å². The number of nitro benzene ring substituents is 1. The van der Waals surface area contributed by atoms with Crippen LogP contribution in [0.25, 0.3) is 0 Å². The van der Waals surface area contributed by atoms with Crippen molar-refractivity contribution in [1.29, 1.82) is 0 Å². The summed E-state index contributed by atoms with van der Waals surface area (Å²) in [7, 11) is 0. The molecular weight excluding hydrogens is 480 g/mol. The summed E-state index contributed by atoms with van der Waals surface area (Å²) in [5.41, 5.74) is 0.692. The lowest BCUT2D eigenvalue weighted by molar-refractivity contribution is -0.385. The summed E-state index contributed by atoms with van der Waals surface area (Å²) in [4.78, 5) is 35.4. The molecule has 1 heterocycles. The fraction of sp³-hybridized carbons (Fsp3) is 0.167. The maximum Gasteiger partial charge on any atom is 0.338 e. The molecule has 0 saturated carbocycles. The Labute approximate surface area is 204 Å². The van der Waals surface area contributed by atoms with Crippen LogP contribution in [0.15, 0.2) is 60.7 Å². The Balaban J connectivity index is 1.31. The van der Waals surface area contributed by atoms with E-state index in [9.17, 15) is 19.7 Å². The van der Waals surface area contributed by atoms with Crippen molar-refractivity contribution in [2.24, 2.45) is 0 Å². The molecule has 3 aromatic carbocycles. The maximum absolute atomic E-state index is 12.4. The van der Waals surface area contributed by atoms with Gasteiger partial charge in [-0.1, -0.05) is 17.7 Å². The molecule has 0 spiro atoms. The van der Waals surface area contributed by atoms with Gasteiger partial charge in [0.15, 0.2) is 17.6 Å². The van der Waals surface area contributed by atoms with Gasteiger partial charge in [0.1, 0.15) is 5.75 Å². The van der Waals surface area contributed by atoms with Crippen LogP contribution in [0.1, 0.15) is 22.8 Å². The summed E-state index contributed by atoms with van der Waals surface area (Å²) in [5.74, 6) is 0.342. The minimum Gasteiger partial charge on any atom is -0.454 e. The number of nitrogens with one attached hydrogen (secondary N) is 1. The molecule has 10 nitrogen and oxygen atoms in total. The van der Waals surface area contributed by atoms with Gasteiger partial charge < -0.3 is 24.3 Å². The number of nitrogens with zero attached hydrogens (tertiary/aromatic N) is 1. The second kappa shape index (κ2) is 10.3. The maximum atomic E-state index is 12.4. The molecule has 11 heteroatoms. The number of hydrogen-bond acceptors (Lipinski definition) is 8. The van der Waals surface area contributed by atoms with Crippen molar-refractivity contribution >= 4 is 29.2 Å². The Morgan fingerprint density at radius 3 is 2.57 bits per heavy atom. The van der Waals surface area contributed by atoms with Crippen LogP contribution in [-0.4, -0.2) is 29.7 Å². The summed E-state index contributed by atoms with van der Waals surface area (Å²) >= 11 is 5.80. The highest BCUT2D eigenvalue weighted by molar-refractivity contribution is 6.30. The molecular formula is C24H19ClN2O8. The molecule has 1 unspecified atom stereocenters. The standard InChI is InChI=1S/C24H19ClN2O8/c1-14(23(28)26-12-15-2-8-21-22(10-15)33-13-32-21)34-24(29)16-3-6-18(7-4-16)35-20-9-5-17(25)11-19(20)27(30)31/h2-11,14H,12-13H2,1H3,(H,26,28). The molecule has 3 aromatic rings. The van der Waals surface area contributed by atoms with Gasteiger partial charge in [-0.05, 0) is 61.0 Å². The smallest absolute Gasteiger partial charge is 0.338 e. The van der Waals surface area contributed by atoms with Crippen molar-refractivity contribution in [2.75, 3.05) is 6.79 Å². The van der Waals surface area contributed by atoms with Crippen molar-refractivity contribution in [2.45, 2.75) is 19.6 Å². The number of amides is 1. The lowest BCUT2D eigenvalue weighted by Gasteiger charge is -2.14. The van der Waals surface area contributed by atoms with Crippen LogP contribution in [0, 0.1) is 10.1 Å². The number of nitro groups is 1. The van der Waals surface area contributed by atoms with Crippen LogP contribution in [0.5, 0.6) is 23.0 Å². The van der Waals surface area contributed by atoms with Crippen LogP contribution in [0.4, 0.5) is 5.69 Å². The SMILES string of the molecule is CC(OC(=O)c1ccc(Oc2ccc(Cl)cc2[N+](=O)[O-])cc1)C(=O)NCc1ccc2c(c1)OCO2. The largest absolute Gasteiger partial charge is 0.454 e. The quantitative estimate of drug-likeness (QED) is 0.270. The summed E-state index contributed by atoms with van der Waals surface area (Å²) < 4.78 is 21.4. The first-order valence-electron chi connectivity index (χ1n) is 10.4. The molecule has 1 atom stereocenters. The van der Waals surface area contributed by atoms with E-state index < -0.39 is 22.9 Å². The summed E-state index contributed by atoms with van der Waals surface area (Å²) in [6.07, 6.45) is -1.04. The van der Waals surface area contributed by atoms with E-state index >= 15 is 0 Å². The first-order valence-corrected chi connectivity index (χ1v) is 10.8. The number of fused-ring (bicyclic) bond motifs is 1. The Bertz CT molecular complexity index is 1280. The zero-order valence-electron chi connectivity index (χ0n) is 18.4. The number of ether oxygens (including phenoxy) is 4. The van der Waals surface area contributed by atoms with Crippen LogP contribution in [0.2, 0.25) is 5.02 Å². The molecule has 1 N–H and O–H groups in total. The number of halogens is 1. The zero-order valence-corrected chi connectivity index (χ0v) is 19.1. The topological polar surface area (TPSA) is 126 Å². The molecule has 1 aliphatic rings. The number of carbonyl (C=O) groups excluding carboxylic acids is 2. The minimum absolute atomic E-state index is 0.00230. The monoisotopic (exact) mass is 498 g/mol. The first-order chi connectivity index (χ1) is 16.8. The van der Waals surface area contributed by atoms with E-state index in [1.165, 1.54) is 49.4 Å². The van der Waals surface area contributed by atoms with Crippen LogP contribution in [0.3, 0.4) is 0 Å². The van der Waals surface area contributed by atoms with Crippen molar-refractivity contribution in [3.05, 3.63) is 86.9 Å². The number of hydrogen-bond donors (Lipinski definition) is 1. The molecule has 1 aliphatic heterocycles. The van der Waals surface area contributed by atoms with Gasteiger partial charge in [0.2, 0.25) is 12.5 Å². The second-order valence-electron chi connectivity index (χ2n) is 7.45. The fourth-order valence-corrected chi connectivity index (χ4v) is 3.34. The Kier molecular flexibility index (Phi) is 7.02. The summed E-state index contributed by atoms with van der Waals surface area (Å²) in [5, 5.41) is 14.1. The van der Waals surface area contributed by atoms with E-state index in [4.69, 9.17) is 30.5 Å². The average molecular weight is 499 g/mol. The van der Waals surface area contributed by atoms with Crippen molar-refractivity contribution < 1.29 is 33.5 Å². The third kappa shape index (κ3) is 5.79. The molecule has 0 radical (unpaired) electrons. The predicted molar refractivity (Wildman–Crippen MR) is 124 cm³/mol. The molecule has 0 fully saturated rings. The number of carbonyl (C=O) groups is 2. The molecule has 0 bridgehead atoms. The summed E-state index contributed by atoms with van der Waals surface area (Å²) in [6, 6.07) is 15.1. The zero-order chi connectivity index (χ0) is 24.9. The van der Waals surface area contributed by atoms with E-state index in [2.05, 4.69) is 5.32 Å². The van der Waals surface area contributed by atoms with Gasteiger partial charge in [-0.2, -0.15) is 0 Å². The van der Waals surface area contributed by atoms with E-state index in [0.717, 1.165) is 5.56 Å². The molecule has 0 saturated heterocycles. The minimum atomic E-state index is -1.04. The normalized spacial score (nSPS) is 12.5.